The molecule has 2 atom stereocenters. The van der Waals surface area contributed by atoms with Gasteiger partial charge in [0.1, 0.15) is 0 Å². The van der Waals surface area contributed by atoms with Crippen LogP contribution in [0.4, 0.5) is 0 Å². The van der Waals surface area contributed by atoms with Gasteiger partial charge in [-0.3, -0.25) is 4.99 Å². The molecule has 0 saturated heterocycles. The lowest BCUT2D eigenvalue weighted by Crippen LogP contribution is -2.36. The number of benzene rings is 1. The fourth-order valence-electron chi connectivity index (χ4n) is 1.89. The van der Waals surface area contributed by atoms with Gasteiger partial charge in [-0.05, 0) is 24.1 Å². The van der Waals surface area contributed by atoms with E-state index in [2.05, 4.69) is 15.6 Å². The highest BCUT2D eigenvalue weighted by Crippen LogP contribution is 2.42. The lowest BCUT2D eigenvalue weighted by molar-refractivity contribution is 0.831. The predicted molar refractivity (Wildman–Crippen MR) is 73.2 cm³/mol. The zero-order chi connectivity index (χ0) is 12.4. The van der Waals surface area contributed by atoms with Gasteiger partial charge in [0.05, 0.1) is 10.0 Å². The van der Waals surface area contributed by atoms with Crippen LogP contribution in [0.25, 0.3) is 0 Å². The summed E-state index contributed by atoms with van der Waals surface area (Å²) in [6, 6.07) is 6.25. The largest absolute Gasteiger partial charge is 0.359 e. The van der Waals surface area contributed by atoms with Gasteiger partial charge in [-0.1, -0.05) is 29.3 Å². The Morgan fingerprint density at radius 1 is 1.35 bits per heavy atom. The van der Waals surface area contributed by atoms with E-state index in [4.69, 9.17) is 23.2 Å². The minimum Gasteiger partial charge on any atom is -0.359 e. The average Bonchev–Trinajstić information content (AvgIpc) is 3.09. The molecule has 1 aliphatic rings. The maximum absolute atomic E-state index is 6.01. The highest BCUT2D eigenvalue weighted by Gasteiger charge is 2.39. The summed E-state index contributed by atoms with van der Waals surface area (Å²) in [5.74, 6) is 1.31. The minimum absolute atomic E-state index is 0.429. The van der Waals surface area contributed by atoms with E-state index < -0.39 is 0 Å². The Morgan fingerprint density at radius 2 is 2.12 bits per heavy atom. The number of guanidine groups is 1. The third-order valence-corrected chi connectivity index (χ3v) is 3.68. The summed E-state index contributed by atoms with van der Waals surface area (Å²) in [6.45, 7) is 0. The number of rotatable bonds is 2. The van der Waals surface area contributed by atoms with Crippen molar-refractivity contribution in [1.29, 1.82) is 0 Å². The van der Waals surface area contributed by atoms with E-state index in [1.165, 1.54) is 5.56 Å². The smallest absolute Gasteiger partial charge is 0.190 e. The van der Waals surface area contributed by atoms with Crippen molar-refractivity contribution in [2.75, 3.05) is 14.1 Å². The normalized spacial score (nSPS) is 23.4. The number of aliphatic imine (C=N–C) groups is 1. The van der Waals surface area contributed by atoms with Gasteiger partial charge in [-0.25, -0.2) is 0 Å². The molecule has 0 aromatic heterocycles. The lowest BCUT2D eigenvalue weighted by Gasteiger charge is -2.08. The van der Waals surface area contributed by atoms with E-state index in [1.807, 2.05) is 25.2 Å². The summed E-state index contributed by atoms with van der Waals surface area (Å²) in [4.78, 5) is 4.09. The van der Waals surface area contributed by atoms with E-state index in [1.54, 1.807) is 7.05 Å². The highest BCUT2D eigenvalue weighted by molar-refractivity contribution is 6.42. The number of nitrogens with one attached hydrogen (secondary N) is 2. The summed E-state index contributed by atoms with van der Waals surface area (Å²) < 4.78 is 0. The standard InChI is InChI=1S/C12H15Cl2N3/c1-15-12(16-2)17-11-6-8(11)7-3-4-9(13)10(14)5-7/h3-5,8,11H,6H2,1-2H3,(H2,15,16,17)/t8-,11+/m0/s1. The molecule has 1 fully saturated rings. The summed E-state index contributed by atoms with van der Waals surface area (Å²) in [6.07, 6.45) is 1.10. The molecule has 0 heterocycles. The van der Waals surface area contributed by atoms with Gasteiger partial charge in [0.2, 0.25) is 0 Å². The Kier molecular flexibility index (Phi) is 3.79. The number of hydrogen-bond acceptors (Lipinski definition) is 1. The number of halogens is 2. The van der Waals surface area contributed by atoms with E-state index >= 15 is 0 Å². The fraction of sp³-hybridized carbons (Fsp3) is 0.417. The van der Waals surface area contributed by atoms with Crippen molar-refractivity contribution >= 4 is 29.2 Å². The predicted octanol–water partition coefficient (Wildman–Crippen LogP) is 2.64. The Labute approximate surface area is 111 Å². The maximum Gasteiger partial charge on any atom is 0.190 e. The molecule has 0 unspecified atom stereocenters. The second-order valence-corrected chi connectivity index (χ2v) is 4.90. The molecule has 5 heteroatoms. The second kappa shape index (κ2) is 5.15. The Morgan fingerprint density at radius 3 is 2.71 bits per heavy atom. The van der Waals surface area contributed by atoms with Gasteiger partial charge < -0.3 is 10.6 Å². The topological polar surface area (TPSA) is 36.4 Å². The zero-order valence-corrected chi connectivity index (χ0v) is 11.3. The molecule has 1 aliphatic carbocycles. The maximum atomic E-state index is 6.01. The van der Waals surface area contributed by atoms with Crippen LogP contribution in [0.15, 0.2) is 23.2 Å². The van der Waals surface area contributed by atoms with Gasteiger partial charge >= 0.3 is 0 Å². The molecule has 1 aromatic carbocycles. The molecule has 0 aliphatic heterocycles. The Hall–Kier alpha value is -0.930. The van der Waals surface area contributed by atoms with Gasteiger partial charge in [-0.15, -0.1) is 0 Å². The molecule has 17 heavy (non-hydrogen) atoms. The van der Waals surface area contributed by atoms with Crippen LogP contribution in [-0.4, -0.2) is 26.1 Å². The van der Waals surface area contributed by atoms with Gasteiger partial charge in [0.15, 0.2) is 5.96 Å². The number of nitrogens with zero attached hydrogens (tertiary/aromatic N) is 1. The molecule has 0 spiro atoms. The molecule has 1 saturated carbocycles. The van der Waals surface area contributed by atoms with Crippen LogP contribution >= 0.6 is 23.2 Å². The van der Waals surface area contributed by atoms with Crippen LogP contribution in [0, 0.1) is 0 Å². The summed E-state index contributed by atoms with van der Waals surface area (Å²) in [5.41, 5.74) is 1.23. The van der Waals surface area contributed by atoms with E-state index in [9.17, 15) is 0 Å². The monoisotopic (exact) mass is 271 g/mol. The van der Waals surface area contributed by atoms with Gasteiger partial charge in [0, 0.05) is 26.1 Å². The molecule has 0 radical (unpaired) electrons. The third-order valence-electron chi connectivity index (χ3n) is 2.94. The van der Waals surface area contributed by atoms with Gasteiger partial charge in [0.25, 0.3) is 0 Å². The molecule has 2 rings (SSSR count). The first-order valence-corrected chi connectivity index (χ1v) is 6.27. The summed E-state index contributed by atoms with van der Waals surface area (Å²) >= 11 is 11.9. The zero-order valence-electron chi connectivity index (χ0n) is 9.80. The molecule has 92 valence electrons. The van der Waals surface area contributed by atoms with Crippen molar-refractivity contribution in [1.82, 2.24) is 10.6 Å². The second-order valence-electron chi connectivity index (χ2n) is 4.09. The first-order chi connectivity index (χ1) is 8.15. The molecule has 3 nitrogen and oxygen atoms in total. The molecular weight excluding hydrogens is 257 g/mol. The van der Waals surface area contributed by atoms with Crippen LogP contribution in [-0.2, 0) is 0 Å². The van der Waals surface area contributed by atoms with Crippen LogP contribution in [0.3, 0.4) is 0 Å². The molecule has 1 aromatic rings. The molecule has 2 N–H and O–H groups in total. The van der Waals surface area contributed by atoms with Gasteiger partial charge in [-0.2, -0.15) is 0 Å². The van der Waals surface area contributed by atoms with Crippen molar-refractivity contribution in [2.24, 2.45) is 4.99 Å². The van der Waals surface area contributed by atoms with Crippen molar-refractivity contribution in [2.45, 2.75) is 18.4 Å². The van der Waals surface area contributed by atoms with Crippen LogP contribution < -0.4 is 10.6 Å². The average molecular weight is 272 g/mol. The SMILES string of the molecule is CN=C(NC)N[C@@H]1C[C@H]1c1ccc(Cl)c(Cl)c1. The van der Waals surface area contributed by atoms with E-state index in [-0.39, 0.29) is 0 Å². The summed E-state index contributed by atoms with van der Waals surface area (Å²) in [5, 5.41) is 7.56. The first-order valence-electron chi connectivity index (χ1n) is 5.51. The number of hydrogen-bond donors (Lipinski definition) is 2. The van der Waals surface area contributed by atoms with Crippen molar-refractivity contribution < 1.29 is 0 Å². The van der Waals surface area contributed by atoms with Crippen LogP contribution in [0.5, 0.6) is 0 Å². The van der Waals surface area contributed by atoms with E-state index in [0.29, 0.717) is 22.0 Å². The summed E-state index contributed by atoms with van der Waals surface area (Å²) in [7, 11) is 3.61. The molecule has 0 bridgehead atoms. The van der Waals surface area contributed by atoms with Crippen molar-refractivity contribution in [3.8, 4) is 0 Å². The Bertz CT molecular complexity index is 445. The van der Waals surface area contributed by atoms with Crippen molar-refractivity contribution in [3.05, 3.63) is 33.8 Å². The van der Waals surface area contributed by atoms with E-state index in [0.717, 1.165) is 12.4 Å². The molecular formula is C12H15Cl2N3. The lowest BCUT2D eigenvalue weighted by atomic mass is 10.1. The quantitative estimate of drug-likeness (QED) is 0.641. The third kappa shape index (κ3) is 2.85. The minimum atomic E-state index is 0.429. The fourth-order valence-corrected chi connectivity index (χ4v) is 2.20. The highest BCUT2D eigenvalue weighted by atomic mass is 35.5. The van der Waals surface area contributed by atoms with Crippen LogP contribution in [0.1, 0.15) is 17.9 Å². The van der Waals surface area contributed by atoms with Crippen LogP contribution in [0.2, 0.25) is 10.0 Å². The Balaban J connectivity index is 2.00. The van der Waals surface area contributed by atoms with Crippen molar-refractivity contribution in [3.63, 3.8) is 0 Å². The molecule has 0 amide bonds. The first kappa shape index (κ1) is 12.5.